The second-order valence-corrected chi connectivity index (χ2v) is 5.81. The smallest absolute Gasteiger partial charge is 0.159 e. The quantitative estimate of drug-likeness (QED) is 0.843. The molecule has 1 aliphatic heterocycles. The summed E-state index contributed by atoms with van der Waals surface area (Å²) in [6.45, 7) is 2.34. The van der Waals surface area contributed by atoms with Gasteiger partial charge in [-0.3, -0.25) is 0 Å². The molecule has 0 bridgehead atoms. The Bertz CT molecular complexity index is 457. The molecule has 1 unspecified atom stereocenters. The van der Waals surface area contributed by atoms with Gasteiger partial charge in [-0.05, 0) is 30.5 Å². The van der Waals surface area contributed by atoms with E-state index in [0.717, 1.165) is 6.54 Å². The fourth-order valence-corrected chi connectivity index (χ4v) is 3.23. The van der Waals surface area contributed by atoms with Gasteiger partial charge in [0.25, 0.3) is 0 Å². The molecule has 104 valence electrons. The summed E-state index contributed by atoms with van der Waals surface area (Å²) in [5.74, 6) is -1.61. The minimum atomic E-state index is -0.808. The molecule has 1 aromatic carbocycles. The zero-order chi connectivity index (χ0) is 13.3. The van der Waals surface area contributed by atoms with E-state index in [2.05, 4.69) is 5.32 Å². The van der Waals surface area contributed by atoms with Crippen LogP contribution >= 0.6 is 0 Å². The predicted molar refractivity (Wildman–Crippen MR) is 68.8 cm³/mol. The highest BCUT2D eigenvalue weighted by atomic mass is 19.2. The second-order valence-electron chi connectivity index (χ2n) is 5.81. The summed E-state index contributed by atoms with van der Waals surface area (Å²) in [5, 5.41) is 3.42. The maximum atomic E-state index is 13.3. The molecule has 0 radical (unpaired) electrons. The summed E-state index contributed by atoms with van der Waals surface area (Å²) in [4.78, 5) is 0. The number of rotatable bonds is 1. The summed E-state index contributed by atoms with van der Waals surface area (Å²) in [5.41, 5.74) is 0.967. The average Bonchev–Trinajstić information content (AvgIpc) is 2.75. The van der Waals surface area contributed by atoms with E-state index in [1.165, 1.54) is 37.8 Å². The maximum absolute atomic E-state index is 13.3. The number of hydrogen-bond donors (Lipinski definition) is 1. The Morgan fingerprint density at radius 1 is 1.16 bits per heavy atom. The Hall–Kier alpha value is -1.00. The summed E-state index contributed by atoms with van der Waals surface area (Å²) >= 11 is 0. The van der Waals surface area contributed by atoms with Gasteiger partial charge in [-0.25, -0.2) is 8.78 Å². The van der Waals surface area contributed by atoms with Gasteiger partial charge in [-0.15, -0.1) is 0 Å². The van der Waals surface area contributed by atoms with Gasteiger partial charge in [0.2, 0.25) is 0 Å². The molecule has 4 heteroatoms. The first kappa shape index (κ1) is 13.0. The van der Waals surface area contributed by atoms with Gasteiger partial charge in [0.1, 0.15) is 0 Å². The molecule has 3 rings (SSSR count). The molecule has 1 aromatic rings. The molecule has 19 heavy (non-hydrogen) atoms. The zero-order valence-electron chi connectivity index (χ0n) is 10.9. The summed E-state index contributed by atoms with van der Waals surface area (Å²) < 4.78 is 32.2. The van der Waals surface area contributed by atoms with Gasteiger partial charge >= 0.3 is 0 Å². The molecule has 0 aromatic heterocycles. The summed E-state index contributed by atoms with van der Waals surface area (Å²) in [6, 6.07) is 4.02. The summed E-state index contributed by atoms with van der Waals surface area (Å²) in [6.07, 6.45) is 4.74. The van der Waals surface area contributed by atoms with Crippen molar-refractivity contribution in [2.45, 2.75) is 31.8 Å². The molecular formula is C15H19F2NO. The Morgan fingerprint density at radius 3 is 2.68 bits per heavy atom. The van der Waals surface area contributed by atoms with Gasteiger partial charge in [-0.1, -0.05) is 18.9 Å². The van der Waals surface area contributed by atoms with Crippen LogP contribution in [0.1, 0.15) is 37.4 Å². The molecule has 1 atom stereocenters. The van der Waals surface area contributed by atoms with Crippen LogP contribution in [0, 0.1) is 17.0 Å². The third-order valence-electron chi connectivity index (χ3n) is 4.40. The van der Waals surface area contributed by atoms with Crippen molar-refractivity contribution in [2.75, 3.05) is 19.7 Å². The van der Waals surface area contributed by atoms with Crippen molar-refractivity contribution in [1.82, 2.24) is 5.32 Å². The summed E-state index contributed by atoms with van der Waals surface area (Å²) in [7, 11) is 0. The lowest BCUT2D eigenvalue weighted by Crippen LogP contribution is -2.32. The van der Waals surface area contributed by atoms with Crippen LogP contribution in [0.2, 0.25) is 0 Å². The highest BCUT2D eigenvalue weighted by Crippen LogP contribution is 2.40. The number of nitrogens with one attached hydrogen (secondary N) is 1. The first-order valence-corrected chi connectivity index (χ1v) is 6.96. The average molecular weight is 267 g/mol. The SMILES string of the molecule is Fc1ccc(C2CNCC3(CCCC3)CO2)cc1F. The van der Waals surface area contributed by atoms with Crippen molar-refractivity contribution in [3.8, 4) is 0 Å². The van der Waals surface area contributed by atoms with Crippen molar-refractivity contribution in [3.63, 3.8) is 0 Å². The highest BCUT2D eigenvalue weighted by Gasteiger charge is 2.36. The topological polar surface area (TPSA) is 21.3 Å². The Balaban J connectivity index is 1.73. The van der Waals surface area contributed by atoms with Crippen LogP contribution in [0.25, 0.3) is 0 Å². The standard InChI is InChI=1S/C15H19F2NO/c16-12-4-3-11(7-13(12)17)14-8-18-9-15(10-19-14)5-1-2-6-15/h3-4,7,14,18H,1-2,5-6,8-10H2. The van der Waals surface area contributed by atoms with Gasteiger partial charge in [-0.2, -0.15) is 0 Å². The van der Waals surface area contributed by atoms with Crippen LogP contribution in [0.5, 0.6) is 0 Å². The molecule has 1 heterocycles. The molecule has 1 spiro atoms. The van der Waals surface area contributed by atoms with Crippen LogP contribution in [0.3, 0.4) is 0 Å². The number of halogens is 2. The minimum absolute atomic E-state index is 0.185. The highest BCUT2D eigenvalue weighted by molar-refractivity contribution is 5.21. The van der Waals surface area contributed by atoms with E-state index in [9.17, 15) is 8.78 Å². The lowest BCUT2D eigenvalue weighted by Gasteiger charge is -2.26. The molecule has 2 nitrogen and oxygen atoms in total. The Morgan fingerprint density at radius 2 is 1.95 bits per heavy atom. The third kappa shape index (κ3) is 2.65. The molecule has 1 saturated carbocycles. The molecule has 2 fully saturated rings. The molecule has 0 amide bonds. The minimum Gasteiger partial charge on any atom is -0.372 e. The van der Waals surface area contributed by atoms with Gasteiger partial charge in [0.05, 0.1) is 12.7 Å². The third-order valence-corrected chi connectivity index (χ3v) is 4.40. The largest absolute Gasteiger partial charge is 0.372 e. The van der Waals surface area contributed by atoms with Crippen LogP contribution in [-0.4, -0.2) is 19.7 Å². The van der Waals surface area contributed by atoms with Crippen LogP contribution in [0.15, 0.2) is 18.2 Å². The van der Waals surface area contributed by atoms with Crippen molar-refractivity contribution in [2.24, 2.45) is 5.41 Å². The lowest BCUT2D eigenvalue weighted by molar-refractivity contribution is 0.0156. The molecule has 1 N–H and O–H groups in total. The van der Waals surface area contributed by atoms with Crippen LogP contribution in [-0.2, 0) is 4.74 Å². The van der Waals surface area contributed by atoms with E-state index in [1.54, 1.807) is 6.07 Å². The van der Waals surface area contributed by atoms with Gasteiger partial charge < -0.3 is 10.1 Å². The van der Waals surface area contributed by atoms with E-state index in [0.29, 0.717) is 18.7 Å². The van der Waals surface area contributed by atoms with Crippen LogP contribution in [0.4, 0.5) is 8.78 Å². The molecule has 2 aliphatic rings. The fraction of sp³-hybridized carbons (Fsp3) is 0.600. The predicted octanol–water partition coefficient (Wildman–Crippen LogP) is 3.19. The van der Waals surface area contributed by atoms with Crippen molar-refractivity contribution < 1.29 is 13.5 Å². The monoisotopic (exact) mass is 267 g/mol. The Kier molecular flexibility index (Phi) is 3.54. The maximum Gasteiger partial charge on any atom is 0.159 e. The lowest BCUT2D eigenvalue weighted by atomic mass is 9.87. The Labute approximate surface area is 112 Å². The number of ether oxygens (including phenoxy) is 1. The van der Waals surface area contributed by atoms with E-state index < -0.39 is 11.6 Å². The van der Waals surface area contributed by atoms with E-state index in [4.69, 9.17) is 4.74 Å². The first-order valence-electron chi connectivity index (χ1n) is 6.96. The fourth-order valence-electron chi connectivity index (χ4n) is 3.23. The van der Waals surface area contributed by atoms with Crippen molar-refractivity contribution >= 4 is 0 Å². The van der Waals surface area contributed by atoms with Gasteiger partial charge in [0.15, 0.2) is 11.6 Å². The molecular weight excluding hydrogens is 248 g/mol. The van der Waals surface area contributed by atoms with Crippen molar-refractivity contribution in [3.05, 3.63) is 35.4 Å². The van der Waals surface area contributed by atoms with E-state index in [1.807, 2.05) is 0 Å². The number of benzene rings is 1. The molecule has 1 aliphatic carbocycles. The van der Waals surface area contributed by atoms with Gasteiger partial charge in [0, 0.05) is 18.5 Å². The zero-order valence-corrected chi connectivity index (χ0v) is 10.9. The molecule has 1 saturated heterocycles. The number of hydrogen-bond acceptors (Lipinski definition) is 2. The van der Waals surface area contributed by atoms with E-state index >= 15 is 0 Å². The normalized spacial score (nSPS) is 26.5. The first-order chi connectivity index (χ1) is 9.19. The van der Waals surface area contributed by atoms with Crippen molar-refractivity contribution in [1.29, 1.82) is 0 Å². The van der Waals surface area contributed by atoms with E-state index in [-0.39, 0.29) is 11.5 Å². The second kappa shape index (κ2) is 5.17. The van der Waals surface area contributed by atoms with Crippen LogP contribution < -0.4 is 5.32 Å².